The van der Waals surface area contributed by atoms with Crippen molar-refractivity contribution in [1.82, 2.24) is 34.4 Å². The van der Waals surface area contributed by atoms with Gasteiger partial charge < -0.3 is 20.9 Å². The molecule has 2 amide bonds. The molecule has 0 bridgehead atoms. The fourth-order valence-electron chi connectivity index (χ4n) is 4.39. The third-order valence-electron chi connectivity index (χ3n) is 6.36. The topological polar surface area (TPSA) is 138 Å². The predicted molar refractivity (Wildman–Crippen MR) is 136 cm³/mol. The van der Waals surface area contributed by atoms with Gasteiger partial charge in [-0.2, -0.15) is 18.3 Å². The van der Waals surface area contributed by atoms with Crippen LogP contribution >= 0.6 is 11.6 Å². The lowest BCUT2D eigenvalue weighted by Crippen LogP contribution is -2.53. The Balaban J connectivity index is 1.34. The summed E-state index contributed by atoms with van der Waals surface area (Å²) in [6, 6.07) is 4.17. The Kier molecular flexibility index (Phi) is 6.91. The normalized spacial score (nSPS) is 15.0. The van der Waals surface area contributed by atoms with Gasteiger partial charge in [-0.05, 0) is 25.1 Å². The highest BCUT2D eigenvalue weighted by molar-refractivity contribution is 6.34. The Bertz CT molecular complexity index is 1540. The number of nitrogens with two attached hydrogens (primary N) is 1. The number of H-pyrrole nitrogens is 1. The van der Waals surface area contributed by atoms with Crippen molar-refractivity contribution >= 4 is 40.6 Å². The highest BCUT2D eigenvalue weighted by Gasteiger charge is 2.36. The van der Waals surface area contributed by atoms with Crippen molar-refractivity contribution in [2.24, 2.45) is 5.73 Å². The molecule has 204 valence electrons. The second-order valence-electron chi connectivity index (χ2n) is 9.00. The minimum atomic E-state index is -4.62. The summed E-state index contributed by atoms with van der Waals surface area (Å²) < 4.78 is 41.6. The van der Waals surface area contributed by atoms with Gasteiger partial charge in [0.2, 0.25) is 5.91 Å². The zero-order valence-electron chi connectivity index (χ0n) is 20.5. The van der Waals surface area contributed by atoms with E-state index in [1.807, 2.05) is 5.10 Å². The molecule has 39 heavy (non-hydrogen) atoms. The number of carbonyl (C=O) groups is 2. The number of carbonyl (C=O) groups excluding carboxylic acids is 2. The smallest absolute Gasteiger partial charge is 0.338 e. The molecule has 0 spiro atoms. The Hall–Kier alpha value is -4.17. The maximum absolute atomic E-state index is 13.4. The highest BCUT2D eigenvalue weighted by atomic mass is 35.5. The van der Waals surface area contributed by atoms with Gasteiger partial charge in [0.1, 0.15) is 5.69 Å². The van der Waals surface area contributed by atoms with Crippen molar-refractivity contribution in [2.45, 2.75) is 19.1 Å². The van der Waals surface area contributed by atoms with E-state index in [-0.39, 0.29) is 39.6 Å². The van der Waals surface area contributed by atoms with Crippen LogP contribution in [-0.2, 0) is 11.0 Å². The van der Waals surface area contributed by atoms with Gasteiger partial charge in [0, 0.05) is 44.3 Å². The molecule has 15 heteroatoms. The summed E-state index contributed by atoms with van der Waals surface area (Å²) in [5.41, 5.74) is 5.78. The van der Waals surface area contributed by atoms with Crippen molar-refractivity contribution in [3.8, 4) is 11.3 Å². The molecule has 4 aromatic rings. The molecule has 0 aliphatic carbocycles. The van der Waals surface area contributed by atoms with Crippen LogP contribution in [0, 0.1) is 0 Å². The average molecular weight is 562 g/mol. The van der Waals surface area contributed by atoms with Crippen molar-refractivity contribution < 1.29 is 22.8 Å². The molecule has 1 atom stereocenters. The summed E-state index contributed by atoms with van der Waals surface area (Å²) in [4.78, 5) is 36.9. The largest absolute Gasteiger partial charge is 0.433 e. The standard InChI is InChI=1S/C24H23ClF3N9O2/c1-13(29)22(38)35-6-8-36(9-7-35)23(39)15-3-2-14(10-17(15)25)33-20-21-31-12-18(37(21)5-4-30-20)16-11-32-34-19(16)24(26,27)28/h2-5,10-13H,6-9,29H2,1H3,(H,30,33)(H,32,34)/t13-/m0/s1. The van der Waals surface area contributed by atoms with Crippen LogP contribution in [0.3, 0.4) is 0 Å². The number of amides is 2. The number of rotatable bonds is 5. The first-order chi connectivity index (χ1) is 18.5. The predicted octanol–water partition coefficient (Wildman–Crippen LogP) is 3.17. The Morgan fingerprint density at radius 3 is 2.51 bits per heavy atom. The zero-order chi connectivity index (χ0) is 27.9. The molecule has 4 N–H and O–H groups in total. The molecule has 4 heterocycles. The van der Waals surface area contributed by atoms with Crippen LogP contribution in [-0.4, -0.2) is 78.4 Å². The first kappa shape index (κ1) is 26.4. The fraction of sp³-hybridized carbons (Fsp3) is 0.292. The van der Waals surface area contributed by atoms with Crippen LogP contribution in [0.25, 0.3) is 16.9 Å². The first-order valence-corrected chi connectivity index (χ1v) is 12.3. The summed E-state index contributed by atoms with van der Waals surface area (Å²) in [6.07, 6.45) is 0.688. The molecule has 0 unspecified atom stereocenters. The SMILES string of the molecule is C[C@H](N)C(=O)N1CCN(C(=O)c2ccc(Nc3nccn4c(-c5cn[nH]c5C(F)(F)F)cnc34)cc2Cl)CC1. The van der Waals surface area contributed by atoms with E-state index in [0.29, 0.717) is 37.4 Å². The van der Waals surface area contributed by atoms with Gasteiger partial charge in [0.15, 0.2) is 11.5 Å². The molecular weight excluding hydrogens is 539 g/mol. The number of anilines is 2. The number of alkyl halides is 3. The molecule has 1 aliphatic heterocycles. The minimum absolute atomic E-state index is 0.152. The molecule has 1 aliphatic rings. The lowest BCUT2D eigenvalue weighted by molar-refractivity contribution is -0.140. The van der Waals surface area contributed by atoms with E-state index in [0.717, 1.165) is 6.20 Å². The zero-order valence-corrected chi connectivity index (χ0v) is 21.3. The monoisotopic (exact) mass is 561 g/mol. The van der Waals surface area contributed by atoms with Gasteiger partial charge >= 0.3 is 6.18 Å². The Labute approximate surface area is 224 Å². The molecule has 1 aromatic carbocycles. The maximum Gasteiger partial charge on any atom is 0.433 e. The van der Waals surface area contributed by atoms with E-state index in [4.69, 9.17) is 17.3 Å². The lowest BCUT2D eigenvalue weighted by atomic mass is 10.1. The van der Waals surface area contributed by atoms with E-state index < -0.39 is 17.9 Å². The molecule has 1 fully saturated rings. The van der Waals surface area contributed by atoms with Crippen molar-refractivity contribution in [2.75, 3.05) is 31.5 Å². The lowest BCUT2D eigenvalue weighted by Gasteiger charge is -2.35. The van der Waals surface area contributed by atoms with Gasteiger partial charge in [-0.1, -0.05) is 11.6 Å². The number of imidazole rings is 1. The van der Waals surface area contributed by atoms with E-state index in [1.54, 1.807) is 34.9 Å². The minimum Gasteiger partial charge on any atom is -0.338 e. The molecule has 5 rings (SSSR count). The summed E-state index contributed by atoms with van der Waals surface area (Å²) >= 11 is 6.45. The number of fused-ring (bicyclic) bond motifs is 1. The van der Waals surface area contributed by atoms with Gasteiger partial charge in [0.05, 0.1) is 40.3 Å². The number of hydrogen-bond donors (Lipinski definition) is 3. The quantitative estimate of drug-likeness (QED) is 0.340. The third-order valence-corrected chi connectivity index (χ3v) is 6.67. The van der Waals surface area contributed by atoms with Gasteiger partial charge in [0.25, 0.3) is 5.91 Å². The molecule has 0 radical (unpaired) electrons. The maximum atomic E-state index is 13.4. The average Bonchev–Trinajstić information content (AvgIpc) is 3.56. The van der Waals surface area contributed by atoms with E-state index in [1.165, 1.54) is 23.0 Å². The van der Waals surface area contributed by atoms with Gasteiger partial charge in [-0.3, -0.25) is 19.1 Å². The second kappa shape index (κ2) is 10.2. The summed E-state index contributed by atoms with van der Waals surface area (Å²) in [7, 11) is 0. The van der Waals surface area contributed by atoms with Crippen LogP contribution in [0.1, 0.15) is 23.0 Å². The van der Waals surface area contributed by atoms with E-state index in [2.05, 4.69) is 20.4 Å². The molecule has 1 saturated heterocycles. The number of nitrogens with zero attached hydrogens (tertiary/aromatic N) is 6. The van der Waals surface area contributed by atoms with Gasteiger partial charge in [-0.15, -0.1) is 0 Å². The molecule has 11 nitrogen and oxygen atoms in total. The number of aromatic amines is 1. The van der Waals surface area contributed by atoms with E-state index in [9.17, 15) is 22.8 Å². The number of benzene rings is 1. The number of nitrogens with one attached hydrogen (secondary N) is 2. The molecule has 0 saturated carbocycles. The Morgan fingerprint density at radius 1 is 1.13 bits per heavy atom. The first-order valence-electron chi connectivity index (χ1n) is 11.9. The second-order valence-corrected chi connectivity index (χ2v) is 9.40. The number of piperazine rings is 1. The van der Waals surface area contributed by atoms with Crippen LogP contribution in [0.15, 0.2) is 43.0 Å². The number of hydrogen-bond acceptors (Lipinski definition) is 7. The van der Waals surface area contributed by atoms with Crippen LogP contribution in [0.5, 0.6) is 0 Å². The number of aromatic nitrogens is 5. The van der Waals surface area contributed by atoms with Crippen molar-refractivity contribution in [1.29, 1.82) is 0 Å². The molecular formula is C24H23ClF3N9O2. The van der Waals surface area contributed by atoms with Crippen LogP contribution < -0.4 is 11.1 Å². The van der Waals surface area contributed by atoms with Crippen molar-refractivity contribution in [3.63, 3.8) is 0 Å². The van der Waals surface area contributed by atoms with Gasteiger partial charge in [-0.25, -0.2) is 9.97 Å². The highest BCUT2D eigenvalue weighted by Crippen LogP contribution is 2.36. The Morgan fingerprint density at radius 2 is 1.85 bits per heavy atom. The summed E-state index contributed by atoms with van der Waals surface area (Å²) in [6.45, 7) is 3.10. The van der Waals surface area contributed by atoms with E-state index >= 15 is 0 Å². The molecule has 3 aromatic heterocycles. The summed E-state index contributed by atoms with van der Waals surface area (Å²) in [5.74, 6) is -0.154. The van der Waals surface area contributed by atoms with Crippen LogP contribution in [0.4, 0.5) is 24.7 Å². The van der Waals surface area contributed by atoms with Crippen LogP contribution in [0.2, 0.25) is 5.02 Å². The fourth-order valence-corrected chi connectivity index (χ4v) is 4.66. The third kappa shape index (κ3) is 5.12. The summed E-state index contributed by atoms with van der Waals surface area (Å²) in [5, 5.41) is 8.79. The van der Waals surface area contributed by atoms with Crippen molar-refractivity contribution in [3.05, 3.63) is 59.3 Å². The number of halogens is 4.